The van der Waals surface area contributed by atoms with Crippen LogP contribution in [0.2, 0.25) is 0 Å². The van der Waals surface area contributed by atoms with Crippen LogP contribution in [0.4, 0.5) is 8.78 Å². The maximum atomic E-state index is 14.6. The van der Waals surface area contributed by atoms with Gasteiger partial charge in [-0.05, 0) is 55.5 Å². The molecular weight excluding hydrogens is 344 g/mol. The molecule has 4 rings (SSSR count). The molecule has 1 aromatic rings. The van der Waals surface area contributed by atoms with E-state index in [9.17, 15) is 23.2 Å². The number of imide groups is 1. The van der Waals surface area contributed by atoms with Crippen LogP contribution in [-0.4, -0.2) is 41.8 Å². The minimum Gasteiger partial charge on any atom is -0.322 e. The molecule has 0 aliphatic carbocycles. The fourth-order valence-corrected chi connectivity index (χ4v) is 4.21. The second kappa shape index (κ2) is 6.42. The highest BCUT2D eigenvalue weighted by Crippen LogP contribution is 2.38. The van der Waals surface area contributed by atoms with Crippen molar-refractivity contribution in [3.05, 3.63) is 34.4 Å². The Morgan fingerprint density at radius 3 is 2.50 bits per heavy atom. The smallest absolute Gasteiger partial charge is 0.255 e. The van der Waals surface area contributed by atoms with Crippen LogP contribution in [0, 0.1) is 11.6 Å². The molecule has 0 bridgehead atoms. The molecule has 3 amide bonds. The Morgan fingerprint density at radius 2 is 1.81 bits per heavy atom. The number of piperidine rings is 2. The third kappa shape index (κ3) is 2.68. The average molecular weight is 363 g/mol. The van der Waals surface area contributed by atoms with E-state index in [1.54, 1.807) is 0 Å². The number of carbonyl (C=O) groups is 3. The summed E-state index contributed by atoms with van der Waals surface area (Å²) in [6.45, 7) is 1.48. The number of carbonyl (C=O) groups excluding carboxylic acids is 3. The lowest BCUT2D eigenvalue weighted by Crippen LogP contribution is -2.52. The number of fused-ring (bicyclic) bond motifs is 1. The first-order valence-electron chi connectivity index (χ1n) is 8.83. The first-order chi connectivity index (χ1) is 12.5. The molecule has 8 heteroatoms. The molecular formula is C18H19F2N3O3. The van der Waals surface area contributed by atoms with Crippen LogP contribution < -0.4 is 10.6 Å². The summed E-state index contributed by atoms with van der Waals surface area (Å²) in [5, 5.41) is 5.41. The van der Waals surface area contributed by atoms with Gasteiger partial charge in [-0.2, -0.15) is 0 Å². The van der Waals surface area contributed by atoms with E-state index in [1.165, 1.54) is 4.90 Å². The molecule has 138 valence electrons. The van der Waals surface area contributed by atoms with Crippen molar-refractivity contribution in [2.45, 2.75) is 44.2 Å². The van der Waals surface area contributed by atoms with Crippen molar-refractivity contribution in [3.8, 4) is 0 Å². The highest BCUT2D eigenvalue weighted by molar-refractivity contribution is 6.05. The second-order valence-corrected chi connectivity index (χ2v) is 7.04. The molecule has 2 saturated heterocycles. The molecule has 3 heterocycles. The lowest BCUT2D eigenvalue weighted by Gasteiger charge is -2.29. The first-order valence-corrected chi connectivity index (χ1v) is 8.83. The molecule has 2 N–H and O–H groups in total. The number of nitrogens with zero attached hydrogens (tertiary/aromatic N) is 1. The van der Waals surface area contributed by atoms with E-state index in [-0.39, 0.29) is 42.3 Å². The Bertz CT molecular complexity index is 805. The Balaban J connectivity index is 1.71. The van der Waals surface area contributed by atoms with Gasteiger partial charge < -0.3 is 10.2 Å². The first kappa shape index (κ1) is 17.1. The van der Waals surface area contributed by atoms with E-state index in [0.717, 1.165) is 6.07 Å². The zero-order chi connectivity index (χ0) is 18.4. The van der Waals surface area contributed by atoms with Gasteiger partial charge in [0.15, 0.2) is 11.6 Å². The van der Waals surface area contributed by atoms with Gasteiger partial charge in [0.05, 0.1) is 0 Å². The minimum atomic E-state index is -1.03. The molecule has 0 spiro atoms. The monoisotopic (exact) mass is 363 g/mol. The van der Waals surface area contributed by atoms with Crippen molar-refractivity contribution in [2.24, 2.45) is 0 Å². The van der Waals surface area contributed by atoms with Crippen molar-refractivity contribution in [3.63, 3.8) is 0 Å². The minimum absolute atomic E-state index is 0.0664. The Labute approximate surface area is 148 Å². The standard InChI is InChI=1S/C18H19F2N3O3/c19-12-7-10-11(15(16(12)20)9-3-5-21-6-4-9)8-23(18(10)26)13-1-2-14(24)22-17(13)25/h7,9,13,21H,1-6,8H2,(H,22,24,25). The number of hydrogen-bond acceptors (Lipinski definition) is 4. The highest BCUT2D eigenvalue weighted by Gasteiger charge is 2.42. The average Bonchev–Trinajstić information content (AvgIpc) is 2.93. The summed E-state index contributed by atoms with van der Waals surface area (Å²) >= 11 is 0. The van der Waals surface area contributed by atoms with Gasteiger partial charge in [0, 0.05) is 18.5 Å². The van der Waals surface area contributed by atoms with Crippen molar-refractivity contribution in [1.29, 1.82) is 0 Å². The van der Waals surface area contributed by atoms with Gasteiger partial charge in [-0.15, -0.1) is 0 Å². The fourth-order valence-electron chi connectivity index (χ4n) is 4.21. The van der Waals surface area contributed by atoms with Crippen LogP contribution in [0.1, 0.15) is 53.1 Å². The summed E-state index contributed by atoms with van der Waals surface area (Å²) in [4.78, 5) is 37.6. The van der Waals surface area contributed by atoms with E-state index in [2.05, 4.69) is 10.6 Å². The predicted molar refractivity (Wildman–Crippen MR) is 87.2 cm³/mol. The van der Waals surface area contributed by atoms with E-state index in [4.69, 9.17) is 0 Å². The number of rotatable bonds is 2. The zero-order valence-corrected chi connectivity index (χ0v) is 14.1. The van der Waals surface area contributed by atoms with E-state index < -0.39 is 29.5 Å². The van der Waals surface area contributed by atoms with Crippen LogP contribution >= 0.6 is 0 Å². The van der Waals surface area contributed by atoms with Crippen LogP contribution in [0.15, 0.2) is 6.07 Å². The summed E-state index contributed by atoms with van der Waals surface area (Å²) in [5.41, 5.74) is 0.872. The molecule has 1 aromatic carbocycles. The second-order valence-electron chi connectivity index (χ2n) is 7.04. The van der Waals surface area contributed by atoms with Crippen molar-refractivity contribution >= 4 is 17.7 Å². The third-order valence-electron chi connectivity index (χ3n) is 5.52. The molecule has 6 nitrogen and oxygen atoms in total. The van der Waals surface area contributed by atoms with Gasteiger partial charge >= 0.3 is 0 Å². The van der Waals surface area contributed by atoms with Crippen LogP contribution in [-0.2, 0) is 16.1 Å². The van der Waals surface area contributed by atoms with Gasteiger partial charge in [-0.25, -0.2) is 8.78 Å². The van der Waals surface area contributed by atoms with Crippen molar-refractivity contribution in [2.75, 3.05) is 13.1 Å². The third-order valence-corrected chi connectivity index (χ3v) is 5.52. The Kier molecular flexibility index (Phi) is 4.22. The largest absolute Gasteiger partial charge is 0.322 e. The molecule has 3 aliphatic rings. The molecule has 0 saturated carbocycles. The quantitative estimate of drug-likeness (QED) is 0.774. The molecule has 2 fully saturated rings. The molecule has 0 radical (unpaired) electrons. The molecule has 3 aliphatic heterocycles. The number of benzene rings is 1. The number of nitrogens with one attached hydrogen (secondary N) is 2. The Hall–Kier alpha value is -2.35. The van der Waals surface area contributed by atoms with Crippen molar-refractivity contribution < 1.29 is 23.2 Å². The van der Waals surface area contributed by atoms with Gasteiger partial charge in [0.1, 0.15) is 6.04 Å². The van der Waals surface area contributed by atoms with Crippen LogP contribution in [0.25, 0.3) is 0 Å². The lowest BCUT2D eigenvalue weighted by atomic mass is 9.85. The van der Waals surface area contributed by atoms with Crippen LogP contribution in [0.3, 0.4) is 0 Å². The maximum Gasteiger partial charge on any atom is 0.255 e. The number of amides is 3. The molecule has 1 unspecified atom stereocenters. The zero-order valence-electron chi connectivity index (χ0n) is 14.1. The molecule has 0 aromatic heterocycles. The highest BCUT2D eigenvalue weighted by atomic mass is 19.2. The topological polar surface area (TPSA) is 78.5 Å². The van der Waals surface area contributed by atoms with Gasteiger partial charge in [-0.3, -0.25) is 19.7 Å². The van der Waals surface area contributed by atoms with E-state index >= 15 is 0 Å². The molecule has 1 atom stereocenters. The van der Waals surface area contributed by atoms with Gasteiger partial charge in [0.2, 0.25) is 11.8 Å². The fraction of sp³-hybridized carbons (Fsp3) is 0.500. The maximum absolute atomic E-state index is 14.6. The number of hydrogen-bond donors (Lipinski definition) is 2. The van der Waals surface area contributed by atoms with E-state index in [1.807, 2.05) is 0 Å². The lowest BCUT2D eigenvalue weighted by molar-refractivity contribution is -0.136. The Morgan fingerprint density at radius 1 is 1.08 bits per heavy atom. The van der Waals surface area contributed by atoms with Gasteiger partial charge in [-0.1, -0.05) is 0 Å². The predicted octanol–water partition coefficient (Wildman–Crippen LogP) is 1.19. The van der Waals surface area contributed by atoms with Crippen LogP contribution in [0.5, 0.6) is 0 Å². The number of halogens is 2. The van der Waals surface area contributed by atoms with E-state index in [0.29, 0.717) is 31.5 Å². The van der Waals surface area contributed by atoms with Gasteiger partial charge in [0.25, 0.3) is 5.91 Å². The summed E-state index contributed by atoms with van der Waals surface area (Å²) in [6, 6.07) is 0.142. The summed E-state index contributed by atoms with van der Waals surface area (Å²) in [6.07, 6.45) is 1.69. The summed E-state index contributed by atoms with van der Waals surface area (Å²) < 4.78 is 28.8. The normalized spacial score (nSPS) is 24.0. The molecule has 26 heavy (non-hydrogen) atoms. The van der Waals surface area contributed by atoms with Crippen molar-refractivity contribution in [1.82, 2.24) is 15.5 Å². The SMILES string of the molecule is O=C1CCC(N2Cc3c(cc(F)c(F)c3C3CCNCC3)C2=O)C(=O)N1. The summed E-state index contributed by atoms with van der Waals surface area (Å²) in [5.74, 6) is -3.47. The summed E-state index contributed by atoms with van der Waals surface area (Å²) in [7, 11) is 0.